The van der Waals surface area contributed by atoms with E-state index in [9.17, 15) is 23.7 Å². The van der Waals surface area contributed by atoms with Gasteiger partial charge in [-0.15, -0.1) is 0 Å². The first-order chi connectivity index (χ1) is 15.7. The van der Waals surface area contributed by atoms with Crippen LogP contribution >= 0.6 is 23.2 Å². The summed E-state index contributed by atoms with van der Waals surface area (Å²) in [6.45, 7) is 0. The summed E-state index contributed by atoms with van der Waals surface area (Å²) in [6, 6.07) is 10.2. The van der Waals surface area contributed by atoms with Gasteiger partial charge in [0, 0.05) is 17.8 Å². The maximum Gasteiger partial charge on any atom is 0.348 e. The van der Waals surface area contributed by atoms with Gasteiger partial charge in [-0.2, -0.15) is 4.99 Å². The Hall–Kier alpha value is -3.76. The standard InChI is InChI=1S/C21H13Cl2F2N3O5/c1-32-20(19-15(24)3-2-4-16(19)25)27-21(29)26-11-5-8-18(14(23)9-11)33-12-6-7-17(28(30)31)13(22)10-12/h2-10H,1H3,(H,26,29)/b27-20-. The van der Waals surface area contributed by atoms with Crippen molar-refractivity contribution in [3.63, 3.8) is 0 Å². The van der Waals surface area contributed by atoms with Crippen LogP contribution in [0.25, 0.3) is 0 Å². The number of nitrogens with one attached hydrogen (secondary N) is 1. The molecule has 0 bridgehead atoms. The van der Waals surface area contributed by atoms with E-state index < -0.39 is 34.1 Å². The lowest BCUT2D eigenvalue weighted by atomic mass is 10.2. The molecule has 1 N–H and O–H groups in total. The summed E-state index contributed by atoms with van der Waals surface area (Å²) in [6.07, 6.45) is 0. The average Bonchev–Trinajstić information content (AvgIpc) is 2.74. The molecule has 0 unspecified atom stereocenters. The number of nitro benzene ring substituents is 1. The number of benzene rings is 3. The largest absolute Gasteiger partial charge is 0.480 e. The summed E-state index contributed by atoms with van der Waals surface area (Å²) in [7, 11) is 1.12. The summed E-state index contributed by atoms with van der Waals surface area (Å²) < 4.78 is 38.3. The molecule has 33 heavy (non-hydrogen) atoms. The molecule has 0 heterocycles. The van der Waals surface area contributed by atoms with Gasteiger partial charge in [0.2, 0.25) is 5.90 Å². The van der Waals surface area contributed by atoms with Gasteiger partial charge in [0.25, 0.3) is 5.69 Å². The number of ether oxygens (including phenoxy) is 2. The molecule has 0 aliphatic carbocycles. The van der Waals surface area contributed by atoms with Crippen molar-refractivity contribution in [2.24, 2.45) is 4.99 Å². The predicted molar refractivity (Wildman–Crippen MR) is 119 cm³/mol. The number of carbonyl (C=O) groups excluding carboxylic acids is 1. The smallest absolute Gasteiger partial charge is 0.348 e. The molecule has 0 saturated carbocycles. The molecule has 3 aromatic rings. The Kier molecular flexibility index (Phi) is 7.41. The lowest BCUT2D eigenvalue weighted by Crippen LogP contribution is -2.15. The van der Waals surface area contributed by atoms with Crippen molar-refractivity contribution in [3.05, 3.63) is 92.0 Å². The first kappa shape index (κ1) is 23.9. The Morgan fingerprint density at radius 1 is 1.06 bits per heavy atom. The molecule has 12 heteroatoms. The Labute approximate surface area is 195 Å². The van der Waals surface area contributed by atoms with Crippen molar-refractivity contribution in [1.82, 2.24) is 0 Å². The Morgan fingerprint density at radius 3 is 2.33 bits per heavy atom. The lowest BCUT2D eigenvalue weighted by molar-refractivity contribution is -0.384. The minimum absolute atomic E-state index is 0.0818. The normalized spacial score (nSPS) is 11.1. The molecule has 0 aliphatic rings. The number of nitro groups is 1. The van der Waals surface area contributed by atoms with Gasteiger partial charge < -0.3 is 14.8 Å². The Bertz CT molecular complexity index is 1250. The predicted octanol–water partition coefficient (Wildman–Crippen LogP) is 6.60. The summed E-state index contributed by atoms with van der Waals surface area (Å²) in [5.74, 6) is -2.07. The van der Waals surface area contributed by atoms with Crippen LogP contribution in [-0.4, -0.2) is 24.0 Å². The minimum Gasteiger partial charge on any atom is -0.480 e. The molecule has 0 spiro atoms. The summed E-state index contributed by atoms with van der Waals surface area (Å²) in [5, 5.41) is 13.2. The first-order valence-electron chi connectivity index (χ1n) is 8.99. The third-order valence-electron chi connectivity index (χ3n) is 4.10. The third kappa shape index (κ3) is 5.73. The van der Waals surface area contributed by atoms with Gasteiger partial charge in [-0.05, 0) is 36.4 Å². The summed E-state index contributed by atoms with van der Waals surface area (Å²) in [5.41, 5.74) is -0.662. The fourth-order valence-electron chi connectivity index (χ4n) is 2.64. The lowest BCUT2D eigenvalue weighted by Gasteiger charge is -2.10. The number of hydrogen-bond acceptors (Lipinski definition) is 5. The van der Waals surface area contributed by atoms with E-state index in [1.807, 2.05) is 0 Å². The molecule has 0 radical (unpaired) electrons. The summed E-state index contributed by atoms with van der Waals surface area (Å²) >= 11 is 12.0. The second-order valence-electron chi connectivity index (χ2n) is 6.27. The molecule has 0 fully saturated rings. The Morgan fingerprint density at radius 2 is 1.76 bits per heavy atom. The van der Waals surface area contributed by atoms with Crippen LogP contribution < -0.4 is 10.1 Å². The number of hydrogen-bond donors (Lipinski definition) is 1. The average molecular weight is 496 g/mol. The van der Waals surface area contributed by atoms with E-state index in [0.717, 1.165) is 25.3 Å². The van der Waals surface area contributed by atoms with Crippen LogP contribution in [0.1, 0.15) is 5.56 Å². The molecule has 8 nitrogen and oxygen atoms in total. The van der Waals surface area contributed by atoms with Crippen LogP contribution in [0.15, 0.2) is 59.6 Å². The van der Waals surface area contributed by atoms with Crippen molar-refractivity contribution in [3.8, 4) is 11.5 Å². The van der Waals surface area contributed by atoms with Crippen LogP contribution in [0.2, 0.25) is 10.0 Å². The number of urea groups is 1. The van der Waals surface area contributed by atoms with E-state index in [2.05, 4.69) is 10.3 Å². The number of amides is 2. The van der Waals surface area contributed by atoms with E-state index in [1.54, 1.807) is 0 Å². The molecule has 0 atom stereocenters. The third-order valence-corrected chi connectivity index (χ3v) is 4.70. The maximum absolute atomic E-state index is 13.9. The zero-order valence-electron chi connectivity index (χ0n) is 16.6. The second-order valence-corrected chi connectivity index (χ2v) is 7.08. The maximum atomic E-state index is 13.9. The second kappa shape index (κ2) is 10.2. The van der Waals surface area contributed by atoms with Gasteiger partial charge in [0.05, 0.1) is 17.1 Å². The first-order valence-corrected chi connectivity index (χ1v) is 9.74. The van der Waals surface area contributed by atoms with E-state index in [1.165, 1.54) is 36.4 Å². The van der Waals surface area contributed by atoms with Gasteiger partial charge in [0.1, 0.15) is 33.7 Å². The molecule has 0 aliphatic heterocycles. The fraction of sp³-hybridized carbons (Fsp3) is 0.0476. The molecule has 170 valence electrons. The van der Waals surface area contributed by atoms with Gasteiger partial charge in [0.15, 0.2) is 0 Å². The van der Waals surface area contributed by atoms with E-state index in [-0.39, 0.29) is 32.9 Å². The quantitative estimate of drug-likeness (QED) is 0.186. The van der Waals surface area contributed by atoms with Crippen LogP contribution in [-0.2, 0) is 4.74 Å². The van der Waals surface area contributed by atoms with Gasteiger partial charge in [-0.3, -0.25) is 10.1 Å². The molecule has 0 saturated heterocycles. The highest BCUT2D eigenvalue weighted by atomic mass is 35.5. The van der Waals surface area contributed by atoms with Crippen molar-refractivity contribution < 1.29 is 28.0 Å². The highest BCUT2D eigenvalue weighted by Crippen LogP contribution is 2.35. The zero-order valence-corrected chi connectivity index (χ0v) is 18.2. The molecule has 0 aromatic heterocycles. The van der Waals surface area contributed by atoms with Crippen LogP contribution in [0, 0.1) is 21.7 Å². The van der Waals surface area contributed by atoms with Crippen molar-refractivity contribution in [1.29, 1.82) is 0 Å². The molecular weight excluding hydrogens is 483 g/mol. The number of methoxy groups -OCH3 is 1. The topological polar surface area (TPSA) is 103 Å². The SMILES string of the molecule is CO/C(=N\C(=O)Nc1ccc(Oc2ccc([N+](=O)[O-])c(Cl)c2)c(Cl)c1)c1c(F)cccc1F. The summed E-state index contributed by atoms with van der Waals surface area (Å²) in [4.78, 5) is 26.0. The molecule has 2 amide bonds. The monoisotopic (exact) mass is 495 g/mol. The van der Waals surface area contributed by atoms with E-state index in [4.69, 9.17) is 32.7 Å². The number of aliphatic imine (C=N–C) groups is 1. The highest BCUT2D eigenvalue weighted by molar-refractivity contribution is 6.33. The van der Waals surface area contributed by atoms with Crippen LogP contribution in [0.5, 0.6) is 11.5 Å². The molecular formula is C21H13Cl2F2N3O5. The highest BCUT2D eigenvalue weighted by Gasteiger charge is 2.18. The van der Waals surface area contributed by atoms with Crippen LogP contribution in [0.4, 0.5) is 25.0 Å². The zero-order chi connectivity index (χ0) is 24.1. The van der Waals surface area contributed by atoms with Crippen LogP contribution in [0.3, 0.4) is 0 Å². The number of carbonyl (C=O) groups is 1. The van der Waals surface area contributed by atoms with Gasteiger partial charge in [-0.25, -0.2) is 13.6 Å². The number of nitrogens with zero attached hydrogens (tertiary/aromatic N) is 2. The number of anilines is 1. The minimum atomic E-state index is -0.971. The van der Waals surface area contributed by atoms with Crippen molar-refractivity contribution >= 4 is 46.5 Å². The van der Waals surface area contributed by atoms with Gasteiger partial charge >= 0.3 is 6.03 Å². The van der Waals surface area contributed by atoms with E-state index >= 15 is 0 Å². The van der Waals surface area contributed by atoms with Crippen molar-refractivity contribution in [2.75, 3.05) is 12.4 Å². The molecule has 3 aromatic carbocycles. The number of halogens is 4. The fourth-order valence-corrected chi connectivity index (χ4v) is 3.10. The molecule has 3 rings (SSSR count). The van der Waals surface area contributed by atoms with Crippen molar-refractivity contribution in [2.45, 2.75) is 0 Å². The number of rotatable bonds is 5. The van der Waals surface area contributed by atoms with Gasteiger partial charge in [-0.1, -0.05) is 29.3 Å². The van der Waals surface area contributed by atoms with E-state index in [0.29, 0.717) is 0 Å². The Balaban J connectivity index is 1.76.